The van der Waals surface area contributed by atoms with Gasteiger partial charge in [-0.15, -0.1) is 0 Å². The third-order valence-electron chi connectivity index (χ3n) is 3.11. The molecule has 1 heterocycles. The molecule has 0 aliphatic carbocycles. The van der Waals surface area contributed by atoms with Crippen LogP contribution in [0.4, 0.5) is 4.39 Å². The summed E-state index contributed by atoms with van der Waals surface area (Å²) in [5.41, 5.74) is 0.502. The monoisotopic (exact) mass is 255 g/mol. The van der Waals surface area contributed by atoms with Gasteiger partial charge in [0.2, 0.25) is 0 Å². The van der Waals surface area contributed by atoms with Crippen molar-refractivity contribution in [2.75, 3.05) is 13.1 Å². The Balaban J connectivity index is 2.01. The standard InChI is InChI=1S/C13H15ClFNO/c14-11-7-10(3-4-12(11)15)13(17)6-9-2-1-5-16-8-9/h3-4,7,9,16H,1-2,5-6,8H2. The molecule has 1 N–H and O–H groups in total. The van der Waals surface area contributed by atoms with Gasteiger partial charge in [-0.25, -0.2) is 4.39 Å². The number of hydrogen-bond acceptors (Lipinski definition) is 2. The van der Waals surface area contributed by atoms with Crippen LogP contribution in [0.3, 0.4) is 0 Å². The molecule has 1 unspecified atom stereocenters. The number of nitrogens with one attached hydrogen (secondary N) is 1. The van der Waals surface area contributed by atoms with Crippen molar-refractivity contribution in [3.05, 3.63) is 34.6 Å². The Morgan fingerprint density at radius 1 is 1.53 bits per heavy atom. The van der Waals surface area contributed by atoms with Gasteiger partial charge in [-0.05, 0) is 50.0 Å². The quantitative estimate of drug-likeness (QED) is 0.841. The van der Waals surface area contributed by atoms with E-state index in [9.17, 15) is 9.18 Å². The van der Waals surface area contributed by atoms with E-state index in [0.717, 1.165) is 25.9 Å². The summed E-state index contributed by atoms with van der Waals surface area (Å²) in [6.07, 6.45) is 2.70. The molecule has 1 fully saturated rings. The summed E-state index contributed by atoms with van der Waals surface area (Å²) in [5, 5.41) is 3.29. The van der Waals surface area contributed by atoms with Crippen molar-refractivity contribution < 1.29 is 9.18 Å². The van der Waals surface area contributed by atoms with Gasteiger partial charge in [-0.2, -0.15) is 0 Å². The average molecular weight is 256 g/mol. The molecule has 1 atom stereocenters. The second-order valence-corrected chi connectivity index (χ2v) is 4.88. The largest absolute Gasteiger partial charge is 0.316 e. The highest BCUT2D eigenvalue weighted by atomic mass is 35.5. The minimum Gasteiger partial charge on any atom is -0.316 e. The van der Waals surface area contributed by atoms with Gasteiger partial charge >= 0.3 is 0 Å². The average Bonchev–Trinajstić information content (AvgIpc) is 2.34. The minimum atomic E-state index is -0.484. The van der Waals surface area contributed by atoms with Crippen LogP contribution in [-0.4, -0.2) is 18.9 Å². The molecular formula is C13H15ClFNO. The number of hydrogen-bond donors (Lipinski definition) is 1. The Hall–Kier alpha value is -0.930. The SMILES string of the molecule is O=C(CC1CCCNC1)c1ccc(F)c(Cl)c1. The molecule has 0 aromatic heterocycles. The zero-order valence-corrected chi connectivity index (χ0v) is 10.3. The second-order valence-electron chi connectivity index (χ2n) is 4.47. The van der Waals surface area contributed by atoms with E-state index in [0.29, 0.717) is 17.9 Å². The van der Waals surface area contributed by atoms with Crippen molar-refractivity contribution in [3.8, 4) is 0 Å². The van der Waals surface area contributed by atoms with Crippen LogP contribution in [0.25, 0.3) is 0 Å². The van der Waals surface area contributed by atoms with Gasteiger partial charge in [0, 0.05) is 12.0 Å². The van der Waals surface area contributed by atoms with E-state index in [-0.39, 0.29) is 10.8 Å². The van der Waals surface area contributed by atoms with Crippen LogP contribution < -0.4 is 5.32 Å². The molecule has 2 nitrogen and oxygen atoms in total. The molecule has 0 amide bonds. The Morgan fingerprint density at radius 2 is 2.35 bits per heavy atom. The molecule has 0 spiro atoms. The van der Waals surface area contributed by atoms with Gasteiger partial charge in [-0.1, -0.05) is 11.6 Å². The molecule has 1 aromatic carbocycles. The van der Waals surface area contributed by atoms with E-state index >= 15 is 0 Å². The maximum atomic E-state index is 13.0. The Kier molecular flexibility index (Phi) is 4.13. The molecule has 0 saturated carbocycles. The predicted molar refractivity (Wildman–Crippen MR) is 66.0 cm³/mol. The Labute approximate surface area is 105 Å². The third kappa shape index (κ3) is 3.27. The fourth-order valence-corrected chi connectivity index (χ4v) is 2.33. The van der Waals surface area contributed by atoms with Crippen LogP contribution in [0.2, 0.25) is 5.02 Å². The lowest BCUT2D eigenvalue weighted by Crippen LogP contribution is -2.31. The van der Waals surface area contributed by atoms with Crippen molar-refractivity contribution in [1.29, 1.82) is 0 Å². The van der Waals surface area contributed by atoms with Gasteiger partial charge < -0.3 is 5.32 Å². The number of benzene rings is 1. The number of halogens is 2. The first-order valence-corrected chi connectivity index (χ1v) is 6.23. The first-order chi connectivity index (χ1) is 8.16. The number of ketones is 1. The van der Waals surface area contributed by atoms with Crippen molar-refractivity contribution in [3.63, 3.8) is 0 Å². The van der Waals surface area contributed by atoms with Gasteiger partial charge in [0.05, 0.1) is 5.02 Å². The zero-order chi connectivity index (χ0) is 12.3. The Morgan fingerprint density at radius 3 is 3.00 bits per heavy atom. The highest BCUT2D eigenvalue weighted by Gasteiger charge is 2.18. The lowest BCUT2D eigenvalue weighted by atomic mass is 9.92. The highest BCUT2D eigenvalue weighted by molar-refractivity contribution is 6.31. The summed E-state index contributed by atoms with van der Waals surface area (Å²) < 4.78 is 13.0. The molecule has 0 bridgehead atoms. The van der Waals surface area contributed by atoms with Crippen LogP contribution in [0.1, 0.15) is 29.6 Å². The summed E-state index contributed by atoms with van der Waals surface area (Å²) in [6.45, 7) is 1.92. The van der Waals surface area contributed by atoms with Crippen molar-refractivity contribution in [1.82, 2.24) is 5.32 Å². The fraction of sp³-hybridized carbons (Fsp3) is 0.462. The predicted octanol–water partition coefficient (Wildman–Crippen LogP) is 3.05. The fourth-order valence-electron chi connectivity index (χ4n) is 2.15. The normalized spacial score (nSPS) is 20.2. The summed E-state index contributed by atoms with van der Waals surface area (Å²) in [7, 11) is 0. The lowest BCUT2D eigenvalue weighted by Gasteiger charge is -2.21. The van der Waals surface area contributed by atoms with Crippen LogP contribution in [0, 0.1) is 11.7 Å². The van der Waals surface area contributed by atoms with Crippen LogP contribution in [0.5, 0.6) is 0 Å². The molecule has 1 aromatic rings. The van der Waals surface area contributed by atoms with Gasteiger partial charge in [-0.3, -0.25) is 4.79 Å². The maximum Gasteiger partial charge on any atom is 0.163 e. The molecule has 0 radical (unpaired) electrons. The van der Waals surface area contributed by atoms with Crippen LogP contribution >= 0.6 is 11.6 Å². The van der Waals surface area contributed by atoms with Crippen molar-refractivity contribution >= 4 is 17.4 Å². The second kappa shape index (κ2) is 5.61. The molecule has 17 heavy (non-hydrogen) atoms. The number of piperidine rings is 1. The topological polar surface area (TPSA) is 29.1 Å². The molecule has 1 aliphatic rings. The van der Waals surface area contributed by atoms with E-state index in [2.05, 4.69) is 5.32 Å². The molecule has 1 aliphatic heterocycles. The summed E-state index contributed by atoms with van der Waals surface area (Å²) in [4.78, 5) is 12.0. The van der Waals surface area contributed by atoms with Gasteiger partial charge in [0.25, 0.3) is 0 Å². The van der Waals surface area contributed by atoms with Crippen molar-refractivity contribution in [2.24, 2.45) is 5.92 Å². The van der Waals surface area contributed by atoms with E-state index in [4.69, 9.17) is 11.6 Å². The van der Waals surface area contributed by atoms with E-state index in [1.54, 1.807) is 0 Å². The molecule has 92 valence electrons. The summed E-state index contributed by atoms with van der Waals surface area (Å²) >= 11 is 5.66. The first-order valence-electron chi connectivity index (χ1n) is 5.86. The number of Topliss-reactive ketones (excluding diaryl/α,β-unsaturated/α-hetero) is 1. The molecular weight excluding hydrogens is 241 g/mol. The van der Waals surface area contributed by atoms with Crippen LogP contribution in [0.15, 0.2) is 18.2 Å². The molecule has 2 rings (SSSR count). The van der Waals surface area contributed by atoms with Crippen molar-refractivity contribution in [2.45, 2.75) is 19.3 Å². The maximum absolute atomic E-state index is 13.0. The highest BCUT2D eigenvalue weighted by Crippen LogP contribution is 2.20. The minimum absolute atomic E-state index is 0.0117. The number of rotatable bonds is 3. The molecule has 1 saturated heterocycles. The van der Waals surface area contributed by atoms with Gasteiger partial charge in [0.1, 0.15) is 5.82 Å². The van der Waals surface area contributed by atoms with Crippen LogP contribution in [-0.2, 0) is 0 Å². The number of carbonyl (C=O) groups excluding carboxylic acids is 1. The number of carbonyl (C=O) groups is 1. The molecule has 4 heteroatoms. The summed E-state index contributed by atoms with van der Waals surface area (Å²) in [6, 6.07) is 4.16. The Bertz CT molecular complexity index is 416. The van der Waals surface area contributed by atoms with E-state index in [1.807, 2.05) is 0 Å². The lowest BCUT2D eigenvalue weighted by molar-refractivity contribution is 0.0954. The zero-order valence-electron chi connectivity index (χ0n) is 9.51. The van der Waals surface area contributed by atoms with E-state index in [1.165, 1.54) is 18.2 Å². The smallest absolute Gasteiger partial charge is 0.163 e. The van der Waals surface area contributed by atoms with E-state index < -0.39 is 5.82 Å². The van der Waals surface area contributed by atoms with Gasteiger partial charge in [0.15, 0.2) is 5.78 Å². The first kappa shape index (κ1) is 12.5. The summed E-state index contributed by atoms with van der Waals surface area (Å²) in [5.74, 6) is -0.0526. The third-order valence-corrected chi connectivity index (χ3v) is 3.40.